The number of para-hydroxylation sites is 1. The first kappa shape index (κ1) is 31.3. The van der Waals surface area contributed by atoms with E-state index in [1.807, 2.05) is 6.92 Å². The van der Waals surface area contributed by atoms with Crippen molar-refractivity contribution in [3.05, 3.63) is 52.1 Å². The molecule has 2 aromatic heterocycles. The zero-order chi connectivity index (χ0) is 32.1. The number of carbonyl (C=O) groups excluding carboxylic acids is 1. The molecule has 5 aliphatic rings. The smallest absolute Gasteiger partial charge is 0.351 e. The third kappa shape index (κ3) is 5.51. The summed E-state index contributed by atoms with van der Waals surface area (Å²) >= 11 is 0. The summed E-state index contributed by atoms with van der Waals surface area (Å²) in [5, 5.41) is 8.98. The molecule has 1 spiro atoms. The van der Waals surface area contributed by atoms with E-state index in [-0.39, 0.29) is 36.2 Å². The van der Waals surface area contributed by atoms with Gasteiger partial charge in [0.2, 0.25) is 5.79 Å². The number of benzene rings is 1. The van der Waals surface area contributed by atoms with E-state index in [0.717, 1.165) is 25.7 Å². The third-order valence-electron chi connectivity index (χ3n) is 10.1. The molecule has 4 aliphatic heterocycles. The molecule has 3 aromatic rings. The summed E-state index contributed by atoms with van der Waals surface area (Å²) in [6.07, 6.45) is 5.50. The van der Waals surface area contributed by atoms with Gasteiger partial charge >= 0.3 is 11.6 Å². The highest BCUT2D eigenvalue weighted by atomic mass is 17.3. The fourth-order valence-electron chi connectivity index (χ4n) is 7.74. The number of carbonyl (C=O) groups is 1. The van der Waals surface area contributed by atoms with Gasteiger partial charge in [-0.2, -0.15) is 0 Å². The molecule has 248 valence electrons. The van der Waals surface area contributed by atoms with Crippen LogP contribution in [0.4, 0.5) is 0 Å². The van der Waals surface area contributed by atoms with Gasteiger partial charge in [-0.25, -0.2) is 19.4 Å². The van der Waals surface area contributed by atoms with Crippen LogP contribution in [0.15, 0.2) is 39.7 Å². The maximum Gasteiger partial charge on any atom is 0.351 e. The quantitative estimate of drug-likeness (QED) is 0.131. The van der Waals surface area contributed by atoms with E-state index in [1.54, 1.807) is 36.0 Å². The van der Waals surface area contributed by atoms with Gasteiger partial charge in [0.1, 0.15) is 17.9 Å². The predicted octanol–water partition coefficient (Wildman–Crippen LogP) is 4.75. The van der Waals surface area contributed by atoms with Crippen molar-refractivity contribution >= 4 is 16.9 Å². The molecule has 2 bridgehead atoms. The molecule has 8 rings (SSSR count). The normalized spacial score (nSPS) is 33.4. The van der Waals surface area contributed by atoms with Crippen LogP contribution < -0.4 is 10.4 Å². The van der Waals surface area contributed by atoms with Crippen molar-refractivity contribution in [3.8, 4) is 5.75 Å². The lowest BCUT2D eigenvalue weighted by molar-refractivity contribution is -0.577. The SMILES string of the molecule is CCOC(=O)c1cc2cccc(OCc3cn(CCCO[C@@H]4O[C@@H]5O[C@@]6(C)CC[C@H]7[C@H](C)CC[C@@H]([C@H]4C)[C@@]57OO6)nn3)c2oc1=O. The van der Waals surface area contributed by atoms with Crippen LogP contribution in [0, 0.1) is 23.7 Å². The van der Waals surface area contributed by atoms with Crippen LogP contribution >= 0.6 is 0 Å². The predicted molar refractivity (Wildman–Crippen MR) is 160 cm³/mol. The highest BCUT2D eigenvalue weighted by molar-refractivity contribution is 5.94. The molecule has 0 amide bonds. The Labute approximate surface area is 266 Å². The summed E-state index contributed by atoms with van der Waals surface area (Å²) in [6.45, 7) is 9.42. The molecule has 1 aromatic carbocycles. The Bertz CT molecular complexity index is 1640. The number of rotatable bonds is 10. The first-order chi connectivity index (χ1) is 22.2. The van der Waals surface area contributed by atoms with Crippen LogP contribution in [0.25, 0.3) is 11.0 Å². The first-order valence-electron chi connectivity index (χ1n) is 16.3. The summed E-state index contributed by atoms with van der Waals surface area (Å²) in [5.74, 6) is -0.0244. The third-order valence-corrected chi connectivity index (χ3v) is 10.1. The number of nitrogens with zero attached hydrogens (tertiary/aromatic N) is 3. The van der Waals surface area contributed by atoms with Crippen molar-refractivity contribution in [2.24, 2.45) is 23.7 Å². The molecule has 6 heterocycles. The number of aromatic nitrogens is 3. The fourth-order valence-corrected chi connectivity index (χ4v) is 7.74. The molecule has 4 saturated heterocycles. The average Bonchev–Trinajstić information content (AvgIpc) is 3.37. The van der Waals surface area contributed by atoms with Crippen LogP contribution in [0.2, 0.25) is 0 Å². The van der Waals surface area contributed by atoms with Crippen LogP contribution in [-0.4, -0.2) is 58.1 Å². The lowest BCUT2D eigenvalue weighted by Gasteiger charge is -2.60. The van der Waals surface area contributed by atoms with E-state index in [0.29, 0.717) is 48.2 Å². The molecule has 5 fully saturated rings. The van der Waals surface area contributed by atoms with Crippen molar-refractivity contribution < 1.29 is 42.7 Å². The number of hydrogen-bond acceptors (Lipinski definition) is 12. The fraction of sp³-hybridized carbons (Fsp3) is 0.636. The highest BCUT2D eigenvalue weighted by Crippen LogP contribution is 2.60. The van der Waals surface area contributed by atoms with Crippen molar-refractivity contribution in [2.75, 3.05) is 13.2 Å². The van der Waals surface area contributed by atoms with Crippen molar-refractivity contribution in [2.45, 2.75) is 96.9 Å². The van der Waals surface area contributed by atoms with Gasteiger partial charge < -0.3 is 28.1 Å². The minimum Gasteiger partial charge on any atom is -0.483 e. The standard InChI is InChI=1S/C33H41N3O10/c1-5-39-28(37)23-16-21-8-6-9-26(27(21)42-29(23)38)41-18-22-17-36(35-34-22)14-7-15-40-30-20(3)25-11-10-19(2)24-12-13-32(4)44-31(43-30)33(24,25)46-45-32/h6,8-9,16-17,19-20,24-25,30-31H,5,7,10-15,18H2,1-4H3/t19-,20-,24+,25+,30-,31-,32-,33-/m1/s1. The zero-order valence-corrected chi connectivity index (χ0v) is 26.6. The van der Waals surface area contributed by atoms with Crippen LogP contribution in [0.5, 0.6) is 5.75 Å². The van der Waals surface area contributed by atoms with Gasteiger partial charge in [0.05, 0.1) is 19.4 Å². The molecule has 46 heavy (non-hydrogen) atoms. The summed E-state index contributed by atoms with van der Waals surface area (Å²) in [7, 11) is 0. The van der Waals surface area contributed by atoms with Gasteiger partial charge in [0.25, 0.3) is 0 Å². The lowest BCUT2D eigenvalue weighted by Crippen LogP contribution is -2.70. The van der Waals surface area contributed by atoms with E-state index in [2.05, 4.69) is 24.2 Å². The molecule has 0 unspecified atom stereocenters. The molecule has 1 saturated carbocycles. The van der Waals surface area contributed by atoms with E-state index in [4.69, 9.17) is 37.9 Å². The van der Waals surface area contributed by atoms with Gasteiger partial charge in [-0.3, -0.25) is 4.68 Å². The molecule has 8 atom stereocenters. The first-order valence-corrected chi connectivity index (χ1v) is 16.3. The number of aryl methyl sites for hydroxylation is 1. The molecular formula is C33H41N3O10. The Morgan fingerprint density at radius 1 is 1.15 bits per heavy atom. The van der Waals surface area contributed by atoms with Crippen molar-refractivity contribution in [3.63, 3.8) is 0 Å². The number of hydrogen-bond donors (Lipinski definition) is 0. The van der Waals surface area contributed by atoms with Crippen LogP contribution in [-0.2, 0) is 41.9 Å². The van der Waals surface area contributed by atoms with E-state index in [1.165, 1.54) is 6.07 Å². The molecule has 0 radical (unpaired) electrons. The van der Waals surface area contributed by atoms with Crippen molar-refractivity contribution in [1.29, 1.82) is 0 Å². The Hall–Kier alpha value is -3.36. The molecular weight excluding hydrogens is 598 g/mol. The minimum absolute atomic E-state index is 0.112. The Balaban J connectivity index is 0.936. The van der Waals surface area contributed by atoms with Gasteiger partial charge in [-0.05, 0) is 63.5 Å². The van der Waals surface area contributed by atoms with Gasteiger partial charge in [0.15, 0.2) is 29.5 Å². The number of esters is 1. The second-order valence-electron chi connectivity index (χ2n) is 13.1. The zero-order valence-electron chi connectivity index (χ0n) is 26.6. The molecule has 13 heteroatoms. The summed E-state index contributed by atoms with van der Waals surface area (Å²) in [5.41, 5.74) is -0.702. The maximum absolute atomic E-state index is 12.4. The monoisotopic (exact) mass is 639 g/mol. The summed E-state index contributed by atoms with van der Waals surface area (Å²) in [6, 6.07) is 6.61. The lowest BCUT2D eigenvalue weighted by atomic mass is 9.58. The minimum atomic E-state index is -0.813. The van der Waals surface area contributed by atoms with Crippen LogP contribution in [0.3, 0.4) is 0 Å². The van der Waals surface area contributed by atoms with E-state index in [9.17, 15) is 9.59 Å². The number of ether oxygens (including phenoxy) is 5. The van der Waals surface area contributed by atoms with E-state index >= 15 is 0 Å². The topological polar surface area (TPSA) is 143 Å². The largest absolute Gasteiger partial charge is 0.483 e. The second-order valence-corrected chi connectivity index (χ2v) is 13.1. The Kier molecular flexibility index (Phi) is 8.39. The van der Waals surface area contributed by atoms with Gasteiger partial charge in [-0.15, -0.1) is 5.10 Å². The summed E-state index contributed by atoms with van der Waals surface area (Å²) in [4.78, 5) is 36.6. The Morgan fingerprint density at radius 3 is 2.87 bits per heavy atom. The highest BCUT2D eigenvalue weighted by Gasteiger charge is 2.69. The second kappa shape index (κ2) is 12.3. The number of fused-ring (bicyclic) bond motifs is 3. The Morgan fingerprint density at radius 2 is 2.02 bits per heavy atom. The summed E-state index contributed by atoms with van der Waals surface area (Å²) < 4.78 is 37.3. The average molecular weight is 640 g/mol. The van der Waals surface area contributed by atoms with Gasteiger partial charge in [-0.1, -0.05) is 31.2 Å². The maximum atomic E-state index is 12.4. The molecule has 1 aliphatic carbocycles. The van der Waals surface area contributed by atoms with Gasteiger partial charge in [0, 0.05) is 30.2 Å². The van der Waals surface area contributed by atoms with E-state index < -0.39 is 35.6 Å². The van der Waals surface area contributed by atoms with Crippen LogP contribution in [0.1, 0.15) is 75.9 Å². The van der Waals surface area contributed by atoms with Crippen molar-refractivity contribution in [1.82, 2.24) is 15.0 Å². The molecule has 13 nitrogen and oxygen atoms in total. The molecule has 0 N–H and O–H groups in total.